The largest absolute Gasteiger partial charge is 0.423 e. The molecule has 4 fully saturated rings. The summed E-state index contributed by atoms with van der Waals surface area (Å²) >= 11 is 0. The third-order valence-electron chi connectivity index (χ3n) is 6.29. The van der Waals surface area contributed by atoms with Crippen LogP contribution in [-0.4, -0.2) is 14.0 Å². The van der Waals surface area contributed by atoms with Crippen LogP contribution in [0.2, 0.25) is 0 Å². The smallest absolute Gasteiger partial charge is 0.336 e. The number of rotatable bonds is 3. The van der Waals surface area contributed by atoms with Gasteiger partial charge in [0.2, 0.25) is 10.0 Å². The maximum atomic E-state index is 13.0. The summed E-state index contributed by atoms with van der Waals surface area (Å²) in [6.07, 6.45) is 6.74. The Morgan fingerprint density at radius 2 is 1.60 bits per heavy atom. The molecule has 4 bridgehead atoms. The average molecular weight is 359 g/mol. The van der Waals surface area contributed by atoms with Crippen LogP contribution in [0.25, 0.3) is 11.0 Å². The lowest BCUT2D eigenvalue weighted by Gasteiger charge is -2.56. The minimum Gasteiger partial charge on any atom is -0.423 e. The first kappa shape index (κ1) is 15.6. The van der Waals surface area contributed by atoms with Gasteiger partial charge < -0.3 is 4.42 Å². The van der Waals surface area contributed by atoms with Gasteiger partial charge in [0.1, 0.15) is 5.58 Å². The molecule has 0 unspecified atom stereocenters. The number of hydrogen-bond donors (Lipinski definition) is 1. The van der Waals surface area contributed by atoms with E-state index >= 15 is 0 Å². The highest BCUT2D eigenvalue weighted by Gasteiger charge is 2.52. The molecule has 132 valence electrons. The van der Waals surface area contributed by atoms with E-state index in [1.807, 2.05) is 0 Å². The van der Waals surface area contributed by atoms with Crippen LogP contribution in [0, 0.1) is 17.8 Å². The maximum absolute atomic E-state index is 13.0. The van der Waals surface area contributed by atoms with Gasteiger partial charge in [0.05, 0.1) is 4.90 Å². The predicted molar refractivity (Wildman–Crippen MR) is 93.7 cm³/mol. The van der Waals surface area contributed by atoms with Crippen molar-refractivity contribution in [2.75, 3.05) is 0 Å². The molecule has 1 aromatic heterocycles. The second kappa shape index (κ2) is 5.17. The monoisotopic (exact) mass is 359 g/mol. The highest BCUT2D eigenvalue weighted by atomic mass is 32.2. The second-order valence-corrected chi connectivity index (χ2v) is 9.94. The third-order valence-corrected chi connectivity index (χ3v) is 7.87. The fourth-order valence-corrected chi connectivity index (χ4v) is 7.26. The molecule has 6 heteroatoms. The van der Waals surface area contributed by atoms with Crippen molar-refractivity contribution < 1.29 is 12.8 Å². The minimum atomic E-state index is -3.59. The van der Waals surface area contributed by atoms with E-state index in [4.69, 9.17) is 4.42 Å². The van der Waals surface area contributed by atoms with E-state index in [9.17, 15) is 13.2 Å². The van der Waals surface area contributed by atoms with Crippen LogP contribution in [0.1, 0.15) is 38.5 Å². The molecule has 0 saturated heterocycles. The zero-order valence-corrected chi connectivity index (χ0v) is 14.7. The van der Waals surface area contributed by atoms with Gasteiger partial charge in [0.15, 0.2) is 0 Å². The van der Waals surface area contributed by atoms with E-state index in [-0.39, 0.29) is 10.4 Å². The molecule has 2 aromatic rings. The van der Waals surface area contributed by atoms with Crippen LogP contribution in [0.4, 0.5) is 0 Å². The lowest BCUT2D eigenvalue weighted by Crippen LogP contribution is -2.59. The SMILES string of the molecule is O=c1ccc2cc(S(=O)(=O)NC34CC5CC(CC(C5)C3)C4)ccc2o1. The molecule has 0 aliphatic heterocycles. The van der Waals surface area contributed by atoms with Crippen LogP contribution in [0.15, 0.2) is 44.4 Å². The molecular weight excluding hydrogens is 338 g/mol. The Balaban J connectivity index is 1.49. The molecule has 6 rings (SSSR count). The Labute approximate surface area is 146 Å². The number of fused-ring (bicyclic) bond motifs is 1. The summed E-state index contributed by atoms with van der Waals surface area (Å²) in [5.74, 6) is 2.04. The van der Waals surface area contributed by atoms with Crippen LogP contribution >= 0.6 is 0 Å². The van der Waals surface area contributed by atoms with Gasteiger partial charge in [-0.15, -0.1) is 0 Å². The second-order valence-electron chi connectivity index (χ2n) is 8.26. The third kappa shape index (κ3) is 2.62. The van der Waals surface area contributed by atoms with Crippen molar-refractivity contribution in [2.24, 2.45) is 17.8 Å². The first-order valence-corrected chi connectivity index (χ1v) is 10.5. The molecule has 0 atom stereocenters. The molecule has 4 saturated carbocycles. The molecule has 0 radical (unpaired) electrons. The van der Waals surface area contributed by atoms with Gasteiger partial charge in [-0.2, -0.15) is 0 Å². The van der Waals surface area contributed by atoms with Crippen molar-refractivity contribution in [1.29, 1.82) is 0 Å². The lowest BCUT2D eigenvalue weighted by atomic mass is 9.53. The van der Waals surface area contributed by atoms with E-state index in [2.05, 4.69) is 4.72 Å². The molecule has 4 aliphatic carbocycles. The molecule has 1 N–H and O–H groups in total. The quantitative estimate of drug-likeness (QED) is 0.855. The number of hydrogen-bond acceptors (Lipinski definition) is 4. The highest BCUT2D eigenvalue weighted by molar-refractivity contribution is 7.89. The maximum Gasteiger partial charge on any atom is 0.336 e. The summed E-state index contributed by atoms with van der Waals surface area (Å²) < 4.78 is 34.2. The van der Waals surface area contributed by atoms with Crippen LogP contribution in [0.5, 0.6) is 0 Å². The predicted octanol–water partition coefficient (Wildman–Crippen LogP) is 3.04. The average Bonchev–Trinajstić information content (AvgIpc) is 2.51. The number of sulfonamides is 1. The Hall–Kier alpha value is -1.66. The summed E-state index contributed by atoms with van der Waals surface area (Å²) in [4.78, 5) is 11.5. The minimum absolute atomic E-state index is 0.240. The van der Waals surface area contributed by atoms with E-state index in [1.165, 1.54) is 31.4 Å². The molecule has 5 nitrogen and oxygen atoms in total. The highest BCUT2D eigenvalue weighted by Crippen LogP contribution is 2.55. The van der Waals surface area contributed by atoms with Crippen molar-refractivity contribution in [3.05, 3.63) is 40.8 Å². The van der Waals surface area contributed by atoms with E-state index in [1.54, 1.807) is 18.2 Å². The van der Waals surface area contributed by atoms with Gasteiger partial charge in [-0.25, -0.2) is 17.9 Å². The molecular formula is C19H21NO4S. The summed E-state index contributed by atoms with van der Waals surface area (Å²) in [6.45, 7) is 0. The Morgan fingerprint density at radius 3 is 2.24 bits per heavy atom. The number of benzene rings is 1. The van der Waals surface area contributed by atoms with Crippen molar-refractivity contribution >= 4 is 21.0 Å². The van der Waals surface area contributed by atoms with Crippen molar-refractivity contribution in [3.63, 3.8) is 0 Å². The Morgan fingerprint density at radius 1 is 0.960 bits per heavy atom. The summed E-state index contributed by atoms with van der Waals surface area (Å²) in [5, 5.41) is 0.619. The zero-order chi connectivity index (χ0) is 17.2. The van der Waals surface area contributed by atoms with Crippen LogP contribution in [-0.2, 0) is 10.0 Å². The molecule has 1 heterocycles. The molecule has 0 spiro atoms. The molecule has 0 amide bonds. The fourth-order valence-electron chi connectivity index (χ4n) is 5.80. The van der Waals surface area contributed by atoms with Crippen molar-refractivity contribution in [2.45, 2.75) is 49.0 Å². The van der Waals surface area contributed by atoms with Crippen LogP contribution < -0.4 is 10.3 Å². The topological polar surface area (TPSA) is 76.4 Å². The van der Waals surface area contributed by atoms with Gasteiger partial charge in [-0.05, 0) is 80.5 Å². The summed E-state index contributed by atoms with van der Waals surface area (Å²) in [6, 6.07) is 7.58. The number of nitrogens with one attached hydrogen (secondary N) is 1. The van der Waals surface area contributed by atoms with E-state index in [0.717, 1.165) is 19.3 Å². The van der Waals surface area contributed by atoms with Crippen molar-refractivity contribution in [1.82, 2.24) is 4.72 Å². The van der Waals surface area contributed by atoms with E-state index in [0.29, 0.717) is 28.7 Å². The first-order chi connectivity index (χ1) is 11.9. The van der Waals surface area contributed by atoms with Crippen molar-refractivity contribution in [3.8, 4) is 0 Å². The van der Waals surface area contributed by atoms with Gasteiger partial charge in [0.25, 0.3) is 0 Å². The van der Waals surface area contributed by atoms with Gasteiger partial charge in [0, 0.05) is 17.0 Å². The normalized spacial score (nSPS) is 33.8. The standard InChI is InChI=1S/C19H21NO4S/c21-18-4-1-15-8-16(2-3-17(15)24-18)25(22,23)20-19-9-12-5-13(10-19)7-14(6-12)11-19/h1-4,8,12-14,20H,5-7,9-11H2. The first-order valence-electron chi connectivity index (χ1n) is 8.99. The van der Waals surface area contributed by atoms with Gasteiger partial charge in [-0.3, -0.25) is 0 Å². The lowest BCUT2D eigenvalue weighted by molar-refractivity contribution is -0.00810. The molecule has 4 aliphatic rings. The fraction of sp³-hybridized carbons (Fsp3) is 0.526. The Bertz CT molecular complexity index is 972. The molecule has 1 aromatic carbocycles. The summed E-state index contributed by atoms with van der Waals surface area (Å²) in [5.41, 5.74) is -0.290. The molecule has 25 heavy (non-hydrogen) atoms. The van der Waals surface area contributed by atoms with Gasteiger partial charge >= 0.3 is 5.63 Å². The zero-order valence-electron chi connectivity index (χ0n) is 13.9. The van der Waals surface area contributed by atoms with E-state index < -0.39 is 15.6 Å². The van der Waals surface area contributed by atoms with Crippen LogP contribution in [0.3, 0.4) is 0 Å². The Kier molecular flexibility index (Phi) is 3.23. The van der Waals surface area contributed by atoms with Gasteiger partial charge in [-0.1, -0.05) is 0 Å². The summed E-state index contributed by atoms with van der Waals surface area (Å²) in [7, 11) is -3.59.